The van der Waals surface area contributed by atoms with Crippen molar-refractivity contribution in [3.8, 4) is 0 Å². The van der Waals surface area contributed by atoms with E-state index in [4.69, 9.17) is 5.73 Å². The van der Waals surface area contributed by atoms with Gasteiger partial charge >= 0.3 is 0 Å². The van der Waals surface area contributed by atoms with Gasteiger partial charge in [0.1, 0.15) is 5.01 Å². The van der Waals surface area contributed by atoms with E-state index < -0.39 is 0 Å². The van der Waals surface area contributed by atoms with E-state index in [-0.39, 0.29) is 5.54 Å². The number of hydrogen-bond donors (Lipinski definition) is 1. The topological polar surface area (TPSA) is 38.9 Å². The molecule has 84 valence electrons. The molecule has 3 heteroatoms. The Hall–Kier alpha value is -0.410. The lowest BCUT2D eigenvalue weighted by Gasteiger charge is -2.21. The Morgan fingerprint density at radius 1 is 1.53 bits per heavy atom. The highest BCUT2D eigenvalue weighted by molar-refractivity contribution is 7.11. The molecular weight excluding hydrogens is 204 g/mol. The number of hydrogen-bond acceptors (Lipinski definition) is 3. The van der Waals surface area contributed by atoms with E-state index in [9.17, 15) is 0 Å². The average Bonchev–Trinajstić information content (AvgIpc) is 2.73. The molecule has 15 heavy (non-hydrogen) atoms. The molecule has 1 aliphatic carbocycles. The second-order valence-corrected chi connectivity index (χ2v) is 6.04. The number of aryl methyl sites for hydroxylation is 2. The van der Waals surface area contributed by atoms with Gasteiger partial charge in [-0.15, -0.1) is 11.3 Å². The smallest absolute Gasteiger partial charge is 0.113 e. The van der Waals surface area contributed by atoms with E-state index in [0.717, 1.165) is 29.5 Å². The van der Waals surface area contributed by atoms with E-state index in [1.165, 1.54) is 17.7 Å². The molecule has 0 bridgehead atoms. The molecule has 2 unspecified atom stereocenters. The monoisotopic (exact) mass is 224 g/mol. The minimum absolute atomic E-state index is 0.121. The van der Waals surface area contributed by atoms with Crippen LogP contribution in [0.5, 0.6) is 0 Å². The van der Waals surface area contributed by atoms with Gasteiger partial charge in [0.05, 0.1) is 11.2 Å². The number of aromatic nitrogens is 1. The van der Waals surface area contributed by atoms with Crippen molar-refractivity contribution >= 4 is 11.3 Å². The Bertz CT molecular complexity index is 339. The molecule has 1 aromatic rings. The Labute approximate surface area is 95.9 Å². The third-order valence-corrected chi connectivity index (χ3v) is 4.98. The van der Waals surface area contributed by atoms with Gasteiger partial charge in [0.25, 0.3) is 0 Å². The number of rotatable bonds is 2. The average molecular weight is 224 g/mol. The predicted octanol–water partition coefficient (Wildman–Crippen LogP) is 3.12. The zero-order valence-electron chi connectivity index (χ0n) is 9.84. The SMILES string of the molecule is CCC1CCC(N)(c2nc(C)c(C)s2)C1. The Balaban J connectivity index is 2.23. The minimum atomic E-state index is -0.121. The highest BCUT2D eigenvalue weighted by Gasteiger charge is 2.38. The molecule has 1 saturated carbocycles. The van der Waals surface area contributed by atoms with Crippen molar-refractivity contribution in [2.45, 2.75) is 52.0 Å². The molecule has 2 nitrogen and oxygen atoms in total. The highest BCUT2D eigenvalue weighted by atomic mass is 32.1. The Morgan fingerprint density at radius 2 is 2.27 bits per heavy atom. The normalized spacial score (nSPS) is 31.1. The number of nitrogens with zero attached hydrogens (tertiary/aromatic N) is 1. The second-order valence-electron chi connectivity index (χ2n) is 4.83. The second kappa shape index (κ2) is 3.87. The lowest BCUT2D eigenvalue weighted by Crippen LogP contribution is -2.33. The van der Waals surface area contributed by atoms with Gasteiger partial charge in [0, 0.05) is 4.88 Å². The molecule has 1 aromatic heterocycles. The minimum Gasteiger partial charge on any atom is -0.319 e. The first-order valence-electron chi connectivity index (χ1n) is 5.78. The van der Waals surface area contributed by atoms with E-state index >= 15 is 0 Å². The third-order valence-electron chi connectivity index (χ3n) is 3.68. The standard InChI is InChI=1S/C12H20N2S/c1-4-10-5-6-12(13,7-10)11-14-8(2)9(3)15-11/h10H,4-7,13H2,1-3H3. The van der Waals surface area contributed by atoms with Crippen molar-refractivity contribution in [1.82, 2.24) is 4.98 Å². The maximum Gasteiger partial charge on any atom is 0.113 e. The van der Waals surface area contributed by atoms with Gasteiger partial charge < -0.3 is 5.73 Å². The van der Waals surface area contributed by atoms with Crippen LogP contribution in [0.3, 0.4) is 0 Å². The first kappa shape index (κ1) is 11.1. The van der Waals surface area contributed by atoms with Gasteiger partial charge in [-0.2, -0.15) is 0 Å². The molecule has 1 aliphatic rings. The highest BCUT2D eigenvalue weighted by Crippen LogP contribution is 2.42. The summed E-state index contributed by atoms with van der Waals surface area (Å²) in [5.41, 5.74) is 7.51. The van der Waals surface area contributed by atoms with Gasteiger partial charge in [-0.05, 0) is 39.0 Å². The molecule has 2 N–H and O–H groups in total. The fraction of sp³-hybridized carbons (Fsp3) is 0.750. The lowest BCUT2D eigenvalue weighted by molar-refractivity contribution is 0.422. The summed E-state index contributed by atoms with van der Waals surface area (Å²) in [7, 11) is 0. The van der Waals surface area contributed by atoms with E-state index in [1.54, 1.807) is 11.3 Å². The van der Waals surface area contributed by atoms with Gasteiger partial charge in [0.2, 0.25) is 0 Å². The molecular formula is C12H20N2S. The van der Waals surface area contributed by atoms with Gasteiger partial charge in [-0.25, -0.2) is 4.98 Å². The predicted molar refractivity (Wildman–Crippen MR) is 65.1 cm³/mol. The molecule has 0 aliphatic heterocycles. The summed E-state index contributed by atoms with van der Waals surface area (Å²) in [6.07, 6.45) is 4.75. The molecule has 0 amide bonds. The summed E-state index contributed by atoms with van der Waals surface area (Å²) < 4.78 is 0. The van der Waals surface area contributed by atoms with E-state index in [2.05, 4.69) is 25.8 Å². The van der Waals surface area contributed by atoms with Crippen molar-refractivity contribution in [2.75, 3.05) is 0 Å². The van der Waals surface area contributed by atoms with Crippen molar-refractivity contribution in [2.24, 2.45) is 11.7 Å². The van der Waals surface area contributed by atoms with Crippen LogP contribution in [0.25, 0.3) is 0 Å². The van der Waals surface area contributed by atoms with Crippen LogP contribution < -0.4 is 5.73 Å². The number of nitrogens with two attached hydrogens (primary N) is 1. The van der Waals surface area contributed by atoms with Crippen molar-refractivity contribution < 1.29 is 0 Å². The van der Waals surface area contributed by atoms with Crippen LogP contribution in [-0.2, 0) is 5.54 Å². The third kappa shape index (κ3) is 1.95. The van der Waals surface area contributed by atoms with E-state index in [0.29, 0.717) is 0 Å². The zero-order valence-corrected chi connectivity index (χ0v) is 10.7. The summed E-state index contributed by atoms with van der Waals surface area (Å²) in [4.78, 5) is 5.94. The maximum absolute atomic E-state index is 6.48. The first-order valence-corrected chi connectivity index (χ1v) is 6.60. The Morgan fingerprint density at radius 3 is 2.73 bits per heavy atom. The summed E-state index contributed by atoms with van der Waals surface area (Å²) in [5.74, 6) is 0.805. The largest absolute Gasteiger partial charge is 0.319 e. The van der Waals surface area contributed by atoms with Crippen LogP contribution >= 0.6 is 11.3 Å². The first-order chi connectivity index (χ1) is 7.05. The molecule has 0 radical (unpaired) electrons. The Kier molecular flexibility index (Phi) is 2.86. The molecule has 0 aromatic carbocycles. The van der Waals surface area contributed by atoms with Gasteiger partial charge in [0.15, 0.2) is 0 Å². The summed E-state index contributed by atoms with van der Waals surface area (Å²) >= 11 is 1.79. The maximum atomic E-state index is 6.48. The van der Waals surface area contributed by atoms with Crippen molar-refractivity contribution in [3.05, 3.63) is 15.6 Å². The van der Waals surface area contributed by atoms with Crippen LogP contribution in [-0.4, -0.2) is 4.98 Å². The van der Waals surface area contributed by atoms with Crippen LogP contribution in [0.15, 0.2) is 0 Å². The van der Waals surface area contributed by atoms with Crippen LogP contribution in [0.4, 0.5) is 0 Å². The van der Waals surface area contributed by atoms with Crippen LogP contribution in [0.2, 0.25) is 0 Å². The van der Waals surface area contributed by atoms with Crippen LogP contribution in [0.1, 0.15) is 48.2 Å². The molecule has 2 rings (SSSR count). The fourth-order valence-electron chi connectivity index (χ4n) is 2.41. The van der Waals surface area contributed by atoms with Gasteiger partial charge in [-0.1, -0.05) is 13.3 Å². The van der Waals surface area contributed by atoms with Gasteiger partial charge in [-0.3, -0.25) is 0 Å². The molecule has 1 heterocycles. The quantitative estimate of drug-likeness (QED) is 0.838. The lowest BCUT2D eigenvalue weighted by atomic mass is 9.97. The van der Waals surface area contributed by atoms with Crippen molar-refractivity contribution in [3.63, 3.8) is 0 Å². The summed E-state index contributed by atoms with van der Waals surface area (Å²) in [6, 6.07) is 0. The summed E-state index contributed by atoms with van der Waals surface area (Å²) in [6.45, 7) is 6.46. The molecule has 1 fully saturated rings. The zero-order chi connectivity index (χ0) is 11.1. The molecule has 2 atom stereocenters. The molecule has 0 spiro atoms. The van der Waals surface area contributed by atoms with Crippen LogP contribution in [0, 0.1) is 19.8 Å². The summed E-state index contributed by atoms with van der Waals surface area (Å²) in [5, 5.41) is 1.16. The molecule has 0 saturated heterocycles. The number of thiazole rings is 1. The fourth-order valence-corrected chi connectivity index (χ4v) is 3.46. The van der Waals surface area contributed by atoms with E-state index in [1.807, 2.05) is 0 Å². The van der Waals surface area contributed by atoms with Crippen molar-refractivity contribution in [1.29, 1.82) is 0 Å².